The van der Waals surface area contributed by atoms with Crippen LogP contribution in [0.25, 0.3) is 0 Å². The molecule has 1 aliphatic rings. The van der Waals surface area contributed by atoms with Crippen molar-refractivity contribution in [1.29, 1.82) is 0 Å². The first-order chi connectivity index (χ1) is 14.3. The monoisotopic (exact) mass is 443 g/mol. The first-order valence-electron chi connectivity index (χ1n) is 9.74. The summed E-state index contributed by atoms with van der Waals surface area (Å²) in [4.78, 5) is 72.3. The van der Waals surface area contributed by atoms with Gasteiger partial charge < -0.3 is 37.2 Å². The fraction of sp³-hybridized carbons (Fsp3) is 0.667. The van der Waals surface area contributed by atoms with Gasteiger partial charge in [0.1, 0.15) is 18.1 Å². The fourth-order valence-electron chi connectivity index (χ4n) is 3.24. The van der Waals surface area contributed by atoms with E-state index in [1.807, 2.05) is 0 Å². The van der Waals surface area contributed by atoms with Crippen LogP contribution in [-0.4, -0.2) is 81.4 Å². The average molecular weight is 443 g/mol. The number of aliphatic carboxylic acids is 2. The molecule has 31 heavy (non-hydrogen) atoms. The van der Waals surface area contributed by atoms with Crippen molar-refractivity contribution in [2.45, 2.75) is 63.7 Å². The summed E-state index contributed by atoms with van der Waals surface area (Å²) in [5.41, 5.74) is 10.7. The Kier molecular flexibility index (Phi) is 9.37. The lowest BCUT2D eigenvalue weighted by molar-refractivity contribution is -0.145. The SMILES string of the molecule is CC(C)C(NC(=O)C(CC(=O)O)NC(=O)C1CCCN1C(=O)C(N)CC(N)=O)C(=O)O. The second-order valence-electron chi connectivity index (χ2n) is 7.69. The van der Waals surface area contributed by atoms with Gasteiger partial charge >= 0.3 is 11.9 Å². The van der Waals surface area contributed by atoms with E-state index < -0.39 is 78.5 Å². The van der Waals surface area contributed by atoms with E-state index in [4.69, 9.17) is 16.6 Å². The van der Waals surface area contributed by atoms with Crippen LogP contribution in [0.1, 0.15) is 39.5 Å². The lowest BCUT2D eigenvalue weighted by Gasteiger charge is -2.28. The summed E-state index contributed by atoms with van der Waals surface area (Å²) >= 11 is 0. The topological polar surface area (TPSA) is 222 Å². The summed E-state index contributed by atoms with van der Waals surface area (Å²) < 4.78 is 0. The number of nitrogens with zero attached hydrogens (tertiary/aromatic N) is 1. The van der Waals surface area contributed by atoms with Gasteiger partial charge in [-0.05, 0) is 18.8 Å². The summed E-state index contributed by atoms with van der Waals surface area (Å²) in [6.07, 6.45) is -0.493. The summed E-state index contributed by atoms with van der Waals surface area (Å²) in [5.74, 6) is -6.39. The van der Waals surface area contributed by atoms with Crippen molar-refractivity contribution in [1.82, 2.24) is 15.5 Å². The first kappa shape index (κ1) is 25.8. The smallest absolute Gasteiger partial charge is 0.326 e. The van der Waals surface area contributed by atoms with Crippen molar-refractivity contribution in [3.05, 3.63) is 0 Å². The largest absolute Gasteiger partial charge is 0.481 e. The Labute approximate surface area is 178 Å². The maximum absolute atomic E-state index is 12.7. The predicted molar refractivity (Wildman–Crippen MR) is 105 cm³/mol. The van der Waals surface area contributed by atoms with E-state index in [9.17, 15) is 33.9 Å². The van der Waals surface area contributed by atoms with Crippen LogP contribution in [-0.2, 0) is 28.8 Å². The van der Waals surface area contributed by atoms with E-state index in [0.29, 0.717) is 6.42 Å². The number of primary amides is 1. The molecular weight excluding hydrogens is 414 g/mol. The lowest BCUT2D eigenvalue weighted by Crippen LogP contribution is -2.57. The van der Waals surface area contributed by atoms with Crippen molar-refractivity contribution >= 4 is 35.6 Å². The van der Waals surface area contributed by atoms with E-state index >= 15 is 0 Å². The van der Waals surface area contributed by atoms with E-state index in [0.717, 1.165) is 4.90 Å². The van der Waals surface area contributed by atoms with Crippen LogP contribution >= 0.6 is 0 Å². The molecule has 13 heteroatoms. The number of nitrogens with one attached hydrogen (secondary N) is 2. The molecular formula is C18H29N5O8. The van der Waals surface area contributed by atoms with E-state index in [2.05, 4.69) is 10.6 Å². The van der Waals surface area contributed by atoms with Gasteiger partial charge in [0.25, 0.3) is 0 Å². The highest BCUT2D eigenvalue weighted by molar-refractivity contribution is 5.96. The standard InChI is InChI=1S/C18H29N5O8/c1-8(2)14(18(30)31)22-15(27)10(7-13(25)26)21-16(28)11-4-3-5-23(11)17(29)9(19)6-12(20)24/h8-11,14H,3-7,19H2,1-2H3,(H2,20,24)(H,21,28)(H,22,27)(H,25,26)(H,30,31). The van der Waals surface area contributed by atoms with E-state index in [1.54, 1.807) is 13.8 Å². The quantitative estimate of drug-likeness (QED) is 0.196. The molecule has 0 aromatic rings. The number of amides is 4. The second-order valence-corrected chi connectivity index (χ2v) is 7.69. The van der Waals surface area contributed by atoms with Gasteiger partial charge in [-0.25, -0.2) is 4.79 Å². The Morgan fingerprint density at radius 1 is 1.06 bits per heavy atom. The van der Waals surface area contributed by atoms with Crippen molar-refractivity contribution in [3.63, 3.8) is 0 Å². The number of carbonyl (C=O) groups excluding carboxylic acids is 4. The Balaban J connectivity index is 2.94. The summed E-state index contributed by atoms with van der Waals surface area (Å²) in [6.45, 7) is 3.30. The van der Waals surface area contributed by atoms with Crippen LogP contribution in [0.3, 0.4) is 0 Å². The fourth-order valence-corrected chi connectivity index (χ4v) is 3.24. The van der Waals surface area contributed by atoms with Crippen LogP contribution < -0.4 is 22.1 Å². The zero-order valence-corrected chi connectivity index (χ0v) is 17.4. The highest BCUT2D eigenvalue weighted by Crippen LogP contribution is 2.19. The molecule has 4 amide bonds. The minimum Gasteiger partial charge on any atom is -0.481 e. The van der Waals surface area contributed by atoms with Gasteiger partial charge in [-0.3, -0.25) is 24.0 Å². The van der Waals surface area contributed by atoms with E-state index in [-0.39, 0.29) is 13.0 Å². The Bertz CT molecular complexity index is 740. The van der Waals surface area contributed by atoms with Gasteiger partial charge in [0.15, 0.2) is 0 Å². The third kappa shape index (κ3) is 7.51. The van der Waals surface area contributed by atoms with Crippen LogP contribution in [0.5, 0.6) is 0 Å². The highest BCUT2D eigenvalue weighted by Gasteiger charge is 2.38. The molecule has 4 atom stereocenters. The van der Waals surface area contributed by atoms with Gasteiger partial charge in [0.05, 0.1) is 18.9 Å². The molecule has 1 saturated heterocycles. The normalized spacial score (nSPS) is 18.7. The predicted octanol–water partition coefficient (Wildman–Crippen LogP) is -2.63. The molecule has 174 valence electrons. The number of carbonyl (C=O) groups is 6. The zero-order valence-electron chi connectivity index (χ0n) is 17.4. The van der Waals surface area contributed by atoms with Crippen LogP contribution in [0.2, 0.25) is 0 Å². The molecule has 0 radical (unpaired) electrons. The number of carboxylic acid groups (broad SMARTS) is 2. The number of nitrogens with two attached hydrogens (primary N) is 2. The van der Waals surface area contributed by atoms with Gasteiger partial charge in [-0.15, -0.1) is 0 Å². The number of carboxylic acids is 2. The molecule has 0 aliphatic carbocycles. The maximum atomic E-state index is 12.7. The first-order valence-corrected chi connectivity index (χ1v) is 9.74. The second kappa shape index (κ2) is 11.2. The van der Waals surface area contributed by atoms with Crippen LogP contribution in [0.15, 0.2) is 0 Å². The maximum Gasteiger partial charge on any atom is 0.326 e. The lowest BCUT2D eigenvalue weighted by atomic mass is 10.0. The number of rotatable bonds is 11. The highest BCUT2D eigenvalue weighted by atomic mass is 16.4. The molecule has 1 heterocycles. The minimum atomic E-state index is -1.55. The summed E-state index contributed by atoms with van der Waals surface area (Å²) in [7, 11) is 0. The molecule has 13 nitrogen and oxygen atoms in total. The zero-order chi connectivity index (χ0) is 23.9. The van der Waals surface area contributed by atoms with E-state index in [1.165, 1.54) is 0 Å². The molecule has 0 aromatic carbocycles. The average Bonchev–Trinajstić information content (AvgIpc) is 3.12. The molecule has 0 spiro atoms. The Hall–Kier alpha value is -3.22. The Morgan fingerprint density at radius 3 is 2.16 bits per heavy atom. The summed E-state index contributed by atoms with van der Waals surface area (Å²) in [5, 5.41) is 22.8. The Morgan fingerprint density at radius 2 is 1.68 bits per heavy atom. The molecule has 4 unspecified atom stereocenters. The third-order valence-corrected chi connectivity index (χ3v) is 4.82. The van der Waals surface area contributed by atoms with Crippen molar-refractivity contribution in [2.24, 2.45) is 17.4 Å². The number of hydrogen-bond donors (Lipinski definition) is 6. The van der Waals surface area contributed by atoms with Gasteiger partial charge in [-0.2, -0.15) is 0 Å². The van der Waals surface area contributed by atoms with Crippen LogP contribution in [0, 0.1) is 5.92 Å². The van der Waals surface area contributed by atoms with Gasteiger partial charge in [-0.1, -0.05) is 13.8 Å². The minimum absolute atomic E-state index is 0.188. The van der Waals surface area contributed by atoms with Gasteiger partial charge in [0, 0.05) is 6.54 Å². The third-order valence-electron chi connectivity index (χ3n) is 4.82. The number of likely N-dealkylation sites (tertiary alicyclic amines) is 1. The molecule has 1 aliphatic heterocycles. The van der Waals surface area contributed by atoms with Gasteiger partial charge in [0.2, 0.25) is 23.6 Å². The van der Waals surface area contributed by atoms with Crippen molar-refractivity contribution < 1.29 is 39.0 Å². The number of hydrogen-bond acceptors (Lipinski definition) is 7. The van der Waals surface area contributed by atoms with Crippen molar-refractivity contribution in [2.75, 3.05) is 6.54 Å². The molecule has 1 rings (SSSR count). The molecule has 8 N–H and O–H groups in total. The van der Waals surface area contributed by atoms with Crippen molar-refractivity contribution in [3.8, 4) is 0 Å². The molecule has 1 fully saturated rings. The molecule has 0 saturated carbocycles. The molecule has 0 bridgehead atoms. The molecule has 0 aromatic heterocycles. The van der Waals surface area contributed by atoms with Crippen LogP contribution in [0.4, 0.5) is 0 Å². The summed E-state index contributed by atoms with van der Waals surface area (Å²) in [6, 6.07) is -5.08.